The third-order valence-electron chi connectivity index (χ3n) is 4.71. The van der Waals surface area contributed by atoms with E-state index in [9.17, 15) is 18.4 Å². The van der Waals surface area contributed by atoms with Crippen molar-refractivity contribution in [3.05, 3.63) is 59.6 Å². The first-order valence-corrected chi connectivity index (χ1v) is 8.75. The molecule has 0 spiro atoms. The van der Waals surface area contributed by atoms with Crippen molar-refractivity contribution in [2.75, 3.05) is 13.1 Å². The van der Waals surface area contributed by atoms with Crippen LogP contribution >= 0.6 is 12.4 Å². The summed E-state index contributed by atoms with van der Waals surface area (Å²) in [7, 11) is 0. The molecule has 0 aliphatic carbocycles. The van der Waals surface area contributed by atoms with Crippen LogP contribution in [0.2, 0.25) is 0 Å². The molecule has 0 saturated carbocycles. The third-order valence-corrected chi connectivity index (χ3v) is 4.71. The van der Waals surface area contributed by atoms with E-state index >= 15 is 0 Å². The lowest BCUT2D eigenvalue weighted by Gasteiger charge is -2.34. The molecule has 1 aromatic carbocycles. The lowest BCUT2D eigenvalue weighted by molar-refractivity contribution is -0.123. The second-order valence-electron chi connectivity index (χ2n) is 6.60. The fourth-order valence-electron chi connectivity index (χ4n) is 3.20. The van der Waals surface area contributed by atoms with E-state index in [4.69, 9.17) is 4.42 Å². The predicted octanol–water partition coefficient (Wildman–Crippen LogP) is 2.36. The fraction of sp³-hybridized carbons (Fsp3) is 0.368. The average molecular weight is 414 g/mol. The van der Waals surface area contributed by atoms with Crippen molar-refractivity contribution < 1.29 is 22.8 Å². The number of piperidine rings is 1. The summed E-state index contributed by atoms with van der Waals surface area (Å²) in [4.78, 5) is 24.5. The number of nitrogens with one attached hydrogen (secondary N) is 3. The van der Waals surface area contributed by atoms with Gasteiger partial charge in [0.05, 0.1) is 11.8 Å². The van der Waals surface area contributed by atoms with Crippen LogP contribution < -0.4 is 16.0 Å². The van der Waals surface area contributed by atoms with E-state index < -0.39 is 23.6 Å². The van der Waals surface area contributed by atoms with Crippen molar-refractivity contribution in [3.8, 4) is 0 Å². The average Bonchev–Trinajstić information content (AvgIpc) is 3.19. The molecule has 3 rings (SSSR count). The van der Waals surface area contributed by atoms with Gasteiger partial charge in [-0.25, -0.2) is 8.78 Å². The summed E-state index contributed by atoms with van der Waals surface area (Å²) in [6, 6.07) is 4.25. The van der Waals surface area contributed by atoms with Crippen LogP contribution in [0.5, 0.6) is 0 Å². The smallest absolute Gasteiger partial charge is 0.255 e. The molecule has 3 atom stereocenters. The predicted molar refractivity (Wildman–Crippen MR) is 101 cm³/mol. The molecule has 1 aromatic heterocycles. The van der Waals surface area contributed by atoms with Gasteiger partial charge < -0.3 is 20.4 Å². The highest BCUT2D eigenvalue weighted by molar-refractivity contribution is 5.97. The molecule has 0 radical (unpaired) electrons. The SMILES string of the molecule is CC(NC(=O)c1ccoc1)C(=O)NC1CNCCC1c1ccc(F)c(F)c1.Cl. The van der Waals surface area contributed by atoms with Crippen LogP contribution in [0.4, 0.5) is 8.78 Å². The highest BCUT2D eigenvalue weighted by atomic mass is 35.5. The first-order valence-electron chi connectivity index (χ1n) is 8.75. The van der Waals surface area contributed by atoms with Crippen LogP contribution in [-0.2, 0) is 4.79 Å². The molecule has 28 heavy (non-hydrogen) atoms. The van der Waals surface area contributed by atoms with Gasteiger partial charge in [0.1, 0.15) is 12.3 Å². The molecule has 6 nitrogen and oxygen atoms in total. The molecule has 3 N–H and O–H groups in total. The number of amides is 2. The van der Waals surface area contributed by atoms with E-state index in [-0.39, 0.29) is 30.3 Å². The topological polar surface area (TPSA) is 83.4 Å². The minimum absolute atomic E-state index is 0. The number of hydrogen-bond donors (Lipinski definition) is 3. The highest BCUT2D eigenvalue weighted by Crippen LogP contribution is 2.27. The molecule has 1 aliphatic heterocycles. The Morgan fingerprint density at radius 3 is 2.71 bits per heavy atom. The number of hydrogen-bond acceptors (Lipinski definition) is 4. The third kappa shape index (κ3) is 5.08. The van der Waals surface area contributed by atoms with E-state index in [0.717, 1.165) is 6.07 Å². The van der Waals surface area contributed by atoms with Gasteiger partial charge in [0, 0.05) is 18.5 Å². The maximum Gasteiger partial charge on any atom is 0.255 e. The summed E-state index contributed by atoms with van der Waals surface area (Å²) >= 11 is 0. The Hall–Kier alpha value is -2.45. The first-order chi connectivity index (χ1) is 13.0. The van der Waals surface area contributed by atoms with Gasteiger partial charge in [-0.3, -0.25) is 9.59 Å². The van der Waals surface area contributed by atoms with Crippen LogP contribution in [0.1, 0.15) is 35.2 Å². The number of furan rings is 1. The van der Waals surface area contributed by atoms with Gasteiger partial charge in [0.15, 0.2) is 11.6 Å². The Morgan fingerprint density at radius 2 is 2.04 bits per heavy atom. The Kier molecular flexibility index (Phi) is 7.53. The van der Waals surface area contributed by atoms with Gasteiger partial charge in [-0.2, -0.15) is 0 Å². The van der Waals surface area contributed by atoms with E-state index in [1.54, 1.807) is 6.92 Å². The largest absolute Gasteiger partial charge is 0.472 e. The highest BCUT2D eigenvalue weighted by Gasteiger charge is 2.30. The summed E-state index contributed by atoms with van der Waals surface area (Å²) in [6.45, 7) is 2.79. The molecule has 9 heteroatoms. The molecule has 1 fully saturated rings. The monoisotopic (exact) mass is 413 g/mol. The van der Waals surface area contributed by atoms with Gasteiger partial charge >= 0.3 is 0 Å². The molecular formula is C19H22ClF2N3O3. The van der Waals surface area contributed by atoms with Crippen LogP contribution in [0.25, 0.3) is 0 Å². The molecule has 2 heterocycles. The number of benzene rings is 1. The van der Waals surface area contributed by atoms with Crippen LogP contribution in [0.15, 0.2) is 41.2 Å². The van der Waals surface area contributed by atoms with Crippen LogP contribution in [0, 0.1) is 11.6 Å². The molecule has 152 valence electrons. The zero-order chi connectivity index (χ0) is 19.4. The normalized spacial score (nSPS) is 20.0. The molecule has 0 bridgehead atoms. The quantitative estimate of drug-likeness (QED) is 0.702. The lowest BCUT2D eigenvalue weighted by Crippen LogP contribution is -2.54. The van der Waals surface area contributed by atoms with E-state index in [1.807, 2.05) is 0 Å². The number of rotatable bonds is 5. The van der Waals surface area contributed by atoms with Gasteiger partial charge in [-0.1, -0.05) is 6.07 Å². The second-order valence-corrected chi connectivity index (χ2v) is 6.60. The van der Waals surface area contributed by atoms with Gasteiger partial charge in [0.2, 0.25) is 5.91 Å². The number of halogens is 3. The Bertz CT molecular complexity index is 817. The van der Waals surface area contributed by atoms with E-state index in [0.29, 0.717) is 30.6 Å². The van der Waals surface area contributed by atoms with Gasteiger partial charge in [-0.05, 0) is 43.7 Å². The fourth-order valence-corrected chi connectivity index (χ4v) is 3.20. The zero-order valence-corrected chi connectivity index (χ0v) is 16.0. The number of carbonyl (C=O) groups excluding carboxylic acids is 2. The van der Waals surface area contributed by atoms with E-state index in [1.165, 1.54) is 30.7 Å². The summed E-state index contributed by atoms with van der Waals surface area (Å²) in [5.41, 5.74) is 0.962. The summed E-state index contributed by atoms with van der Waals surface area (Å²) in [6.07, 6.45) is 3.34. The minimum atomic E-state index is -0.906. The molecular weight excluding hydrogens is 392 g/mol. The molecule has 1 aliphatic rings. The Labute approximate surface area is 167 Å². The van der Waals surface area contributed by atoms with Crippen LogP contribution in [-0.4, -0.2) is 37.0 Å². The van der Waals surface area contributed by atoms with Crippen molar-refractivity contribution >= 4 is 24.2 Å². The summed E-state index contributed by atoms with van der Waals surface area (Å²) < 4.78 is 31.7. The summed E-state index contributed by atoms with van der Waals surface area (Å²) in [5, 5.41) is 8.68. The Morgan fingerprint density at radius 1 is 1.25 bits per heavy atom. The molecule has 3 unspecified atom stereocenters. The van der Waals surface area contributed by atoms with Crippen molar-refractivity contribution in [3.63, 3.8) is 0 Å². The molecule has 2 amide bonds. The van der Waals surface area contributed by atoms with Crippen molar-refractivity contribution in [1.82, 2.24) is 16.0 Å². The standard InChI is InChI=1S/C19H21F2N3O3.ClH/c1-11(23-19(26)13-5-7-27-10-13)18(25)24-17-9-22-6-4-14(17)12-2-3-15(20)16(21)8-12;/h2-3,5,7-8,10-11,14,17,22H,4,6,9H2,1H3,(H,23,26)(H,24,25);1H. The number of carbonyl (C=O) groups is 2. The summed E-state index contributed by atoms with van der Waals surface area (Å²) in [5.74, 6) is -2.72. The maximum absolute atomic E-state index is 13.6. The molecule has 2 aromatic rings. The maximum atomic E-state index is 13.6. The molecule has 1 saturated heterocycles. The van der Waals surface area contributed by atoms with Gasteiger partial charge in [-0.15, -0.1) is 12.4 Å². The van der Waals surface area contributed by atoms with Crippen molar-refractivity contribution in [1.29, 1.82) is 0 Å². The van der Waals surface area contributed by atoms with Crippen molar-refractivity contribution in [2.45, 2.75) is 31.3 Å². The van der Waals surface area contributed by atoms with Crippen molar-refractivity contribution in [2.24, 2.45) is 0 Å². The van der Waals surface area contributed by atoms with Gasteiger partial charge in [0.25, 0.3) is 5.91 Å². The van der Waals surface area contributed by atoms with E-state index in [2.05, 4.69) is 16.0 Å². The Balaban J connectivity index is 0.00000280. The lowest BCUT2D eigenvalue weighted by atomic mass is 9.86. The second kappa shape index (κ2) is 9.66. The van der Waals surface area contributed by atoms with Crippen LogP contribution in [0.3, 0.4) is 0 Å². The first kappa shape index (κ1) is 21.8. The zero-order valence-electron chi connectivity index (χ0n) is 15.2. The minimum Gasteiger partial charge on any atom is -0.472 e.